The van der Waals surface area contributed by atoms with E-state index in [0.29, 0.717) is 5.75 Å². The van der Waals surface area contributed by atoms with Crippen LogP contribution in [-0.4, -0.2) is 28.1 Å². The fourth-order valence-electron chi connectivity index (χ4n) is 1.24. The van der Waals surface area contributed by atoms with E-state index in [9.17, 15) is 13.2 Å². The van der Waals surface area contributed by atoms with E-state index in [-0.39, 0.29) is 17.2 Å². The zero-order valence-corrected chi connectivity index (χ0v) is 11.5. The third-order valence-corrected chi connectivity index (χ3v) is 3.56. The average Bonchev–Trinajstić information content (AvgIpc) is 2.38. The van der Waals surface area contributed by atoms with E-state index >= 15 is 0 Å². The number of nitrogens with one attached hydrogen (secondary N) is 1. The van der Waals surface area contributed by atoms with E-state index in [1.165, 1.54) is 31.4 Å². The number of hydrogen-bond acceptors (Lipinski definition) is 5. The number of benzene rings is 1. The van der Waals surface area contributed by atoms with Gasteiger partial charge in [0.05, 0.1) is 18.6 Å². The molecule has 0 atom stereocenters. The van der Waals surface area contributed by atoms with Crippen molar-refractivity contribution in [2.75, 3.05) is 13.7 Å². The van der Waals surface area contributed by atoms with Crippen molar-refractivity contribution in [3.8, 4) is 5.75 Å². The molecule has 1 N–H and O–H groups in total. The summed E-state index contributed by atoms with van der Waals surface area (Å²) in [5.41, 5.74) is -0.335. The Morgan fingerprint density at radius 2 is 1.89 bits per heavy atom. The van der Waals surface area contributed by atoms with Gasteiger partial charge < -0.3 is 9.47 Å². The molecule has 0 heterocycles. The maximum atomic E-state index is 11.9. The van der Waals surface area contributed by atoms with Gasteiger partial charge in [0.25, 0.3) is 10.0 Å². The fourth-order valence-corrected chi connectivity index (χ4v) is 2.26. The highest BCUT2D eigenvalue weighted by molar-refractivity contribution is 7.89. The number of methoxy groups -OCH3 is 1. The molecule has 104 valence electrons. The van der Waals surface area contributed by atoms with E-state index < -0.39 is 16.0 Å². The predicted molar refractivity (Wildman–Crippen MR) is 69.1 cm³/mol. The van der Waals surface area contributed by atoms with Crippen LogP contribution in [-0.2, 0) is 19.6 Å². The van der Waals surface area contributed by atoms with Crippen LogP contribution in [0.15, 0.2) is 41.4 Å². The number of hydrogen-bond donors (Lipinski definition) is 1. The Labute approximate surface area is 112 Å². The number of rotatable bonds is 6. The summed E-state index contributed by atoms with van der Waals surface area (Å²) >= 11 is 0. The van der Waals surface area contributed by atoms with Crippen molar-refractivity contribution in [2.24, 2.45) is 0 Å². The number of carbonyl (C=O) groups excluding carboxylic acids is 1. The summed E-state index contributed by atoms with van der Waals surface area (Å²) in [4.78, 5) is 11.3. The second kappa shape index (κ2) is 6.24. The van der Waals surface area contributed by atoms with Crippen LogP contribution in [0.1, 0.15) is 6.92 Å². The summed E-state index contributed by atoms with van der Waals surface area (Å²) in [5, 5.41) is 0. The fraction of sp³-hybridized carbons (Fsp3) is 0.250. The lowest BCUT2D eigenvalue weighted by Crippen LogP contribution is -2.28. The van der Waals surface area contributed by atoms with Gasteiger partial charge in [-0.2, -0.15) is 0 Å². The Bertz CT molecular complexity index is 562. The van der Waals surface area contributed by atoms with E-state index in [4.69, 9.17) is 4.74 Å². The maximum Gasteiger partial charge on any atom is 0.354 e. The molecule has 0 radical (unpaired) electrons. The molecule has 0 saturated heterocycles. The molecule has 0 spiro atoms. The second-order valence-electron chi connectivity index (χ2n) is 3.48. The Morgan fingerprint density at radius 3 is 2.37 bits per heavy atom. The van der Waals surface area contributed by atoms with Crippen molar-refractivity contribution < 1.29 is 22.7 Å². The summed E-state index contributed by atoms with van der Waals surface area (Å²) in [6.07, 6.45) is 0. The molecule has 0 amide bonds. The number of ether oxygens (including phenoxy) is 2. The highest BCUT2D eigenvalue weighted by Crippen LogP contribution is 2.15. The molecule has 19 heavy (non-hydrogen) atoms. The van der Waals surface area contributed by atoms with E-state index in [1.807, 2.05) is 0 Å². The summed E-state index contributed by atoms with van der Waals surface area (Å²) in [7, 11) is -2.38. The van der Waals surface area contributed by atoms with Crippen LogP contribution in [0.4, 0.5) is 0 Å². The van der Waals surface area contributed by atoms with Gasteiger partial charge in [0, 0.05) is 0 Å². The van der Waals surface area contributed by atoms with Gasteiger partial charge in [-0.3, -0.25) is 4.72 Å². The molecule has 7 heteroatoms. The van der Waals surface area contributed by atoms with Crippen molar-refractivity contribution in [1.29, 1.82) is 0 Å². The van der Waals surface area contributed by atoms with Crippen molar-refractivity contribution in [3.63, 3.8) is 0 Å². The summed E-state index contributed by atoms with van der Waals surface area (Å²) in [5.74, 6) is -0.275. The van der Waals surface area contributed by atoms with Crippen molar-refractivity contribution in [3.05, 3.63) is 36.5 Å². The monoisotopic (exact) mass is 285 g/mol. The van der Waals surface area contributed by atoms with Crippen LogP contribution in [0, 0.1) is 0 Å². The standard InChI is InChI=1S/C12H15NO5S/c1-4-18-12(14)9(2)13-19(15,16)11-7-5-10(17-3)6-8-11/h5-8,13H,2,4H2,1,3H3. The van der Waals surface area contributed by atoms with Gasteiger partial charge >= 0.3 is 5.97 Å². The van der Waals surface area contributed by atoms with Crippen LogP contribution in [0.25, 0.3) is 0 Å². The lowest BCUT2D eigenvalue weighted by Gasteiger charge is -2.10. The Kier molecular flexibility index (Phi) is 4.94. The molecule has 0 aromatic heterocycles. The molecule has 0 unspecified atom stereocenters. The molecule has 1 aromatic carbocycles. The van der Waals surface area contributed by atoms with Gasteiger partial charge in [-0.05, 0) is 31.2 Å². The van der Waals surface area contributed by atoms with Crippen molar-refractivity contribution in [1.82, 2.24) is 4.72 Å². The first kappa shape index (κ1) is 15.0. The molecule has 0 aliphatic rings. The van der Waals surface area contributed by atoms with Gasteiger partial charge in [0.15, 0.2) is 0 Å². The number of sulfonamides is 1. The zero-order chi connectivity index (χ0) is 14.5. The molecule has 0 saturated carbocycles. The topological polar surface area (TPSA) is 81.7 Å². The van der Waals surface area contributed by atoms with Crippen molar-refractivity contribution >= 4 is 16.0 Å². The third kappa shape index (κ3) is 3.99. The molecule has 0 fully saturated rings. The van der Waals surface area contributed by atoms with Crippen molar-refractivity contribution in [2.45, 2.75) is 11.8 Å². The van der Waals surface area contributed by atoms with Gasteiger partial charge in [-0.15, -0.1) is 0 Å². The quantitative estimate of drug-likeness (QED) is 0.624. The molecular formula is C12H15NO5S. The van der Waals surface area contributed by atoms with Gasteiger partial charge in [0.1, 0.15) is 11.4 Å². The lowest BCUT2D eigenvalue weighted by molar-refractivity contribution is -0.138. The molecule has 0 bridgehead atoms. The predicted octanol–water partition coefficient (Wildman–Crippen LogP) is 1.05. The molecule has 6 nitrogen and oxygen atoms in total. The van der Waals surface area contributed by atoms with E-state index in [0.717, 1.165) is 0 Å². The first-order valence-electron chi connectivity index (χ1n) is 5.43. The molecule has 1 aromatic rings. The van der Waals surface area contributed by atoms with Crippen LogP contribution in [0.3, 0.4) is 0 Å². The average molecular weight is 285 g/mol. The van der Waals surface area contributed by atoms with E-state index in [1.54, 1.807) is 6.92 Å². The highest BCUT2D eigenvalue weighted by atomic mass is 32.2. The van der Waals surface area contributed by atoms with Gasteiger partial charge in [0.2, 0.25) is 0 Å². The van der Waals surface area contributed by atoms with Crippen LogP contribution in [0.2, 0.25) is 0 Å². The molecule has 1 rings (SSSR count). The van der Waals surface area contributed by atoms with Crippen LogP contribution in [0.5, 0.6) is 5.75 Å². The number of carbonyl (C=O) groups is 1. The highest BCUT2D eigenvalue weighted by Gasteiger charge is 2.18. The smallest absolute Gasteiger partial charge is 0.354 e. The van der Waals surface area contributed by atoms with Gasteiger partial charge in [-0.25, -0.2) is 13.2 Å². The van der Waals surface area contributed by atoms with Crippen LogP contribution < -0.4 is 9.46 Å². The molecule has 0 aliphatic carbocycles. The zero-order valence-electron chi connectivity index (χ0n) is 10.7. The minimum atomic E-state index is -3.85. The van der Waals surface area contributed by atoms with Crippen LogP contribution >= 0.6 is 0 Å². The molecule has 0 aliphatic heterocycles. The third-order valence-electron chi connectivity index (χ3n) is 2.15. The van der Waals surface area contributed by atoms with E-state index in [2.05, 4.69) is 16.0 Å². The Morgan fingerprint density at radius 1 is 1.32 bits per heavy atom. The largest absolute Gasteiger partial charge is 0.497 e. The maximum absolute atomic E-state index is 11.9. The first-order chi connectivity index (χ1) is 8.90. The Balaban J connectivity index is 2.86. The number of esters is 1. The minimum absolute atomic E-state index is 0.00116. The lowest BCUT2D eigenvalue weighted by atomic mass is 10.3. The summed E-state index contributed by atoms with van der Waals surface area (Å²) < 4.78 is 35.5. The SMILES string of the molecule is C=C(NS(=O)(=O)c1ccc(OC)cc1)C(=O)OCC. The minimum Gasteiger partial charge on any atom is -0.497 e. The Hall–Kier alpha value is -2.02. The summed E-state index contributed by atoms with van der Waals surface area (Å²) in [6.45, 7) is 5.08. The summed E-state index contributed by atoms with van der Waals surface area (Å²) in [6, 6.07) is 5.72. The normalized spacial score (nSPS) is 10.6. The second-order valence-corrected chi connectivity index (χ2v) is 5.16. The molecular weight excluding hydrogens is 270 g/mol. The van der Waals surface area contributed by atoms with Gasteiger partial charge in [-0.1, -0.05) is 6.58 Å². The first-order valence-corrected chi connectivity index (χ1v) is 6.92.